The number of carbonyl (C=O) groups excluding carboxylic acids is 2. The van der Waals surface area contributed by atoms with Crippen LogP contribution in [0.4, 0.5) is 4.39 Å². The van der Waals surface area contributed by atoms with E-state index in [0.717, 1.165) is 32.4 Å². The first-order chi connectivity index (χ1) is 11.6. The molecule has 1 aliphatic rings. The van der Waals surface area contributed by atoms with E-state index in [4.69, 9.17) is 0 Å². The monoisotopic (exact) mass is 371 g/mol. The van der Waals surface area contributed by atoms with Crippen molar-refractivity contribution in [2.75, 3.05) is 26.2 Å². The van der Waals surface area contributed by atoms with Gasteiger partial charge in [0.2, 0.25) is 11.8 Å². The Balaban J connectivity index is 0.00000312. The number of benzene rings is 1. The lowest BCUT2D eigenvalue weighted by molar-refractivity contribution is -0.122. The predicted octanol–water partition coefficient (Wildman–Crippen LogP) is 1.80. The molecule has 0 radical (unpaired) electrons. The molecular weight excluding hydrogens is 345 g/mol. The number of piperidine rings is 1. The molecule has 1 aromatic carbocycles. The van der Waals surface area contributed by atoms with E-state index in [-0.39, 0.29) is 36.5 Å². The Bertz CT molecular complexity index is 551. The Kier molecular flexibility index (Phi) is 10.1. The minimum Gasteiger partial charge on any atom is -0.354 e. The molecule has 5 nitrogen and oxygen atoms in total. The molecule has 0 aromatic heterocycles. The van der Waals surface area contributed by atoms with Crippen LogP contribution in [0.25, 0.3) is 0 Å². The molecular formula is C18H27ClFN3O2. The lowest BCUT2D eigenvalue weighted by Crippen LogP contribution is -2.35. The zero-order valence-electron chi connectivity index (χ0n) is 14.4. The van der Waals surface area contributed by atoms with Crippen molar-refractivity contribution in [2.45, 2.75) is 32.1 Å². The van der Waals surface area contributed by atoms with Crippen molar-refractivity contribution in [3.05, 3.63) is 35.6 Å². The summed E-state index contributed by atoms with van der Waals surface area (Å²) in [6.07, 6.45) is 3.90. The van der Waals surface area contributed by atoms with Crippen LogP contribution in [0.2, 0.25) is 0 Å². The largest absolute Gasteiger partial charge is 0.354 e. The third-order valence-corrected chi connectivity index (χ3v) is 4.26. The highest BCUT2D eigenvalue weighted by atomic mass is 35.5. The van der Waals surface area contributed by atoms with Crippen LogP contribution in [0, 0.1) is 11.7 Å². The third kappa shape index (κ3) is 8.84. The summed E-state index contributed by atoms with van der Waals surface area (Å²) in [4.78, 5) is 23.5. The zero-order valence-corrected chi connectivity index (χ0v) is 15.2. The summed E-state index contributed by atoms with van der Waals surface area (Å²) in [6, 6.07) is 5.99. The summed E-state index contributed by atoms with van der Waals surface area (Å²) in [5, 5.41) is 8.86. The second kappa shape index (κ2) is 11.8. The van der Waals surface area contributed by atoms with Crippen molar-refractivity contribution in [3.8, 4) is 0 Å². The number of amides is 2. The quantitative estimate of drug-likeness (QED) is 0.610. The Morgan fingerprint density at radius 1 is 1.12 bits per heavy atom. The van der Waals surface area contributed by atoms with E-state index in [2.05, 4.69) is 16.0 Å². The molecule has 1 aromatic rings. The molecule has 0 spiro atoms. The van der Waals surface area contributed by atoms with E-state index in [0.29, 0.717) is 31.0 Å². The molecule has 7 heteroatoms. The van der Waals surface area contributed by atoms with Crippen molar-refractivity contribution in [3.63, 3.8) is 0 Å². The molecule has 0 atom stereocenters. The lowest BCUT2D eigenvalue weighted by Gasteiger charge is -2.22. The topological polar surface area (TPSA) is 70.2 Å². The molecule has 1 fully saturated rings. The molecule has 1 saturated heterocycles. The fraction of sp³-hybridized carbons (Fsp3) is 0.556. The van der Waals surface area contributed by atoms with Gasteiger partial charge in [0.15, 0.2) is 0 Å². The molecule has 0 aliphatic carbocycles. The molecule has 3 N–H and O–H groups in total. The van der Waals surface area contributed by atoms with E-state index in [1.54, 1.807) is 12.1 Å². The highest BCUT2D eigenvalue weighted by Crippen LogP contribution is 2.17. The number of carbonyl (C=O) groups is 2. The van der Waals surface area contributed by atoms with E-state index >= 15 is 0 Å². The van der Waals surface area contributed by atoms with Crippen molar-refractivity contribution >= 4 is 24.2 Å². The van der Waals surface area contributed by atoms with E-state index in [1.165, 1.54) is 12.1 Å². The van der Waals surface area contributed by atoms with Gasteiger partial charge in [-0.05, 0) is 56.0 Å². The molecule has 0 unspecified atom stereocenters. The van der Waals surface area contributed by atoms with E-state index < -0.39 is 0 Å². The van der Waals surface area contributed by atoms with Crippen molar-refractivity contribution in [1.82, 2.24) is 16.0 Å². The number of rotatable bonds is 8. The average molecular weight is 372 g/mol. The standard InChI is InChI=1S/C18H26FN3O2.ClH/c19-16-3-1-2-15(12-16)13-18(24)22-11-10-21-17(23)5-4-14-6-8-20-9-7-14;/h1-3,12,14,20H,4-11,13H2,(H,21,23)(H,22,24);1H. The van der Waals surface area contributed by atoms with Gasteiger partial charge in [-0.3, -0.25) is 9.59 Å². The van der Waals surface area contributed by atoms with Crippen LogP contribution >= 0.6 is 12.4 Å². The molecule has 2 rings (SSSR count). The van der Waals surface area contributed by atoms with E-state index in [9.17, 15) is 14.0 Å². The Morgan fingerprint density at radius 2 is 1.80 bits per heavy atom. The second-order valence-corrected chi connectivity index (χ2v) is 6.24. The van der Waals surface area contributed by atoms with Gasteiger partial charge >= 0.3 is 0 Å². The normalized spacial score (nSPS) is 14.4. The van der Waals surface area contributed by atoms with Crippen molar-refractivity contribution in [2.24, 2.45) is 5.92 Å². The summed E-state index contributed by atoms with van der Waals surface area (Å²) >= 11 is 0. The first kappa shape index (κ1) is 21.4. The van der Waals surface area contributed by atoms with E-state index in [1.807, 2.05) is 0 Å². The van der Waals surface area contributed by atoms with Gasteiger partial charge in [-0.2, -0.15) is 0 Å². The van der Waals surface area contributed by atoms with Gasteiger partial charge in [-0.15, -0.1) is 12.4 Å². The maximum absolute atomic E-state index is 13.0. The zero-order chi connectivity index (χ0) is 17.2. The highest BCUT2D eigenvalue weighted by molar-refractivity contribution is 5.85. The molecule has 0 saturated carbocycles. The van der Waals surface area contributed by atoms with Crippen LogP contribution in [0.3, 0.4) is 0 Å². The number of halogens is 2. The first-order valence-electron chi connectivity index (χ1n) is 8.62. The smallest absolute Gasteiger partial charge is 0.224 e. The van der Waals surface area contributed by atoms with Crippen LogP contribution in [-0.4, -0.2) is 38.0 Å². The van der Waals surface area contributed by atoms with Gasteiger partial charge in [0.05, 0.1) is 6.42 Å². The average Bonchev–Trinajstić information content (AvgIpc) is 2.58. The Morgan fingerprint density at radius 3 is 2.48 bits per heavy atom. The van der Waals surface area contributed by atoms with Crippen LogP contribution in [-0.2, 0) is 16.0 Å². The van der Waals surface area contributed by atoms with Gasteiger partial charge in [0, 0.05) is 19.5 Å². The molecule has 2 amide bonds. The summed E-state index contributed by atoms with van der Waals surface area (Å²) in [6.45, 7) is 2.89. The molecule has 1 aliphatic heterocycles. The van der Waals surface area contributed by atoms with Crippen molar-refractivity contribution < 1.29 is 14.0 Å². The minimum atomic E-state index is -0.346. The molecule has 0 bridgehead atoms. The maximum atomic E-state index is 13.0. The van der Waals surface area contributed by atoms with Crippen LogP contribution < -0.4 is 16.0 Å². The van der Waals surface area contributed by atoms with Gasteiger partial charge in [-0.1, -0.05) is 12.1 Å². The second-order valence-electron chi connectivity index (χ2n) is 6.24. The summed E-state index contributed by atoms with van der Waals surface area (Å²) in [7, 11) is 0. The van der Waals surface area contributed by atoms with Crippen molar-refractivity contribution in [1.29, 1.82) is 0 Å². The summed E-state index contributed by atoms with van der Waals surface area (Å²) < 4.78 is 13.0. The van der Waals surface area contributed by atoms with Gasteiger partial charge < -0.3 is 16.0 Å². The van der Waals surface area contributed by atoms with Gasteiger partial charge in [-0.25, -0.2) is 4.39 Å². The summed E-state index contributed by atoms with van der Waals surface area (Å²) in [5.74, 6) is 0.154. The van der Waals surface area contributed by atoms with Crippen LogP contribution in [0.1, 0.15) is 31.2 Å². The Labute approximate surface area is 154 Å². The third-order valence-electron chi connectivity index (χ3n) is 4.26. The maximum Gasteiger partial charge on any atom is 0.224 e. The molecule has 140 valence electrons. The predicted molar refractivity (Wildman–Crippen MR) is 98.2 cm³/mol. The number of hydrogen-bond donors (Lipinski definition) is 3. The fourth-order valence-electron chi connectivity index (χ4n) is 2.89. The minimum absolute atomic E-state index is 0. The molecule has 1 heterocycles. The number of nitrogens with one attached hydrogen (secondary N) is 3. The van der Waals surface area contributed by atoms with Gasteiger partial charge in [0.1, 0.15) is 5.82 Å². The van der Waals surface area contributed by atoms with Crippen LogP contribution in [0.5, 0.6) is 0 Å². The Hall–Kier alpha value is -1.66. The fourth-order valence-corrected chi connectivity index (χ4v) is 2.89. The van der Waals surface area contributed by atoms with Gasteiger partial charge in [0.25, 0.3) is 0 Å². The SMILES string of the molecule is Cl.O=C(CCC1CCNCC1)NCCNC(=O)Cc1cccc(F)c1. The molecule has 25 heavy (non-hydrogen) atoms. The first-order valence-corrected chi connectivity index (χ1v) is 8.62. The lowest BCUT2D eigenvalue weighted by atomic mass is 9.93. The number of hydrogen-bond acceptors (Lipinski definition) is 3. The highest BCUT2D eigenvalue weighted by Gasteiger charge is 2.14. The van der Waals surface area contributed by atoms with Crippen LogP contribution in [0.15, 0.2) is 24.3 Å². The summed E-state index contributed by atoms with van der Waals surface area (Å²) in [5.41, 5.74) is 0.638.